The van der Waals surface area contributed by atoms with Crippen LogP contribution in [0.15, 0.2) is 23.4 Å². The summed E-state index contributed by atoms with van der Waals surface area (Å²) in [5.41, 5.74) is -0.0452. The molecule has 1 heterocycles. The number of rotatable bonds is 7. The molecule has 2 N–H and O–H groups in total. The zero-order chi connectivity index (χ0) is 16.2. The first-order chi connectivity index (χ1) is 9.65. The van der Waals surface area contributed by atoms with Crippen LogP contribution in [0.25, 0.3) is 0 Å². The summed E-state index contributed by atoms with van der Waals surface area (Å²) in [6.07, 6.45) is 1.04. The lowest BCUT2D eigenvalue weighted by molar-refractivity contribution is 0.0696. The van der Waals surface area contributed by atoms with E-state index in [1.165, 1.54) is 12.1 Å². The van der Waals surface area contributed by atoms with Gasteiger partial charge < -0.3 is 5.11 Å². The predicted octanol–water partition coefficient (Wildman–Crippen LogP) is 1.99. The third-order valence-corrected chi connectivity index (χ3v) is 4.82. The first-order valence-electron chi connectivity index (χ1n) is 6.84. The van der Waals surface area contributed by atoms with Gasteiger partial charge in [-0.3, -0.25) is 0 Å². The standard InChI is InChI=1S/C14H22N2O4S/c1-9(2)12(10(3)4)8-16-21(19,20)13-6-5-11(7-15-13)14(17)18/h5-7,9-10,12,16H,8H2,1-4H3,(H,17,18). The average Bonchev–Trinajstić information content (AvgIpc) is 2.38. The number of hydrogen-bond acceptors (Lipinski definition) is 4. The van der Waals surface area contributed by atoms with Gasteiger partial charge in [0.1, 0.15) is 0 Å². The first-order valence-corrected chi connectivity index (χ1v) is 8.32. The number of carbonyl (C=O) groups is 1. The SMILES string of the molecule is CC(C)C(CNS(=O)(=O)c1ccc(C(=O)O)cn1)C(C)C. The normalized spacial score (nSPS) is 12.3. The molecule has 0 aliphatic heterocycles. The van der Waals surface area contributed by atoms with Crippen LogP contribution >= 0.6 is 0 Å². The van der Waals surface area contributed by atoms with Gasteiger partial charge in [-0.25, -0.2) is 22.9 Å². The number of pyridine rings is 1. The molecule has 118 valence electrons. The quantitative estimate of drug-likeness (QED) is 0.802. The fourth-order valence-electron chi connectivity index (χ4n) is 2.19. The van der Waals surface area contributed by atoms with Crippen LogP contribution in [0, 0.1) is 17.8 Å². The Balaban J connectivity index is 2.84. The van der Waals surface area contributed by atoms with Gasteiger partial charge in [0.2, 0.25) is 0 Å². The van der Waals surface area contributed by atoms with Crippen LogP contribution < -0.4 is 4.72 Å². The molecule has 0 aromatic carbocycles. The Hall–Kier alpha value is -1.47. The Bertz CT molecular complexity index is 571. The van der Waals surface area contributed by atoms with Gasteiger partial charge in [-0.1, -0.05) is 27.7 Å². The number of nitrogens with zero attached hydrogens (tertiary/aromatic N) is 1. The van der Waals surface area contributed by atoms with Crippen LogP contribution in [0.4, 0.5) is 0 Å². The zero-order valence-corrected chi connectivity index (χ0v) is 13.5. The molecule has 0 saturated heterocycles. The zero-order valence-electron chi connectivity index (χ0n) is 12.7. The number of carboxylic acid groups (broad SMARTS) is 1. The van der Waals surface area contributed by atoms with E-state index in [-0.39, 0.29) is 16.5 Å². The molecule has 7 heteroatoms. The number of carboxylic acids is 1. The van der Waals surface area contributed by atoms with Crippen LogP contribution in [0.1, 0.15) is 38.1 Å². The van der Waals surface area contributed by atoms with E-state index in [9.17, 15) is 13.2 Å². The van der Waals surface area contributed by atoms with E-state index in [1.807, 2.05) is 0 Å². The van der Waals surface area contributed by atoms with Crippen LogP contribution in [0.5, 0.6) is 0 Å². The number of sulfonamides is 1. The summed E-state index contributed by atoms with van der Waals surface area (Å²) < 4.78 is 26.8. The van der Waals surface area contributed by atoms with Crippen molar-refractivity contribution in [3.63, 3.8) is 0 Å². The molecule has 0 aliphatic rings. The van der Waals surface area contributed by atoms with Crippen LogP contribution in [0.2, 0.25) is 0 Å². The molecule has 0 atom stereocenters. The van der Waals surface area contributed by atoms with Crippen LogP contribution in [0.3, 0.4) is 0 Å². The minimum Gasteiger partial charge on any atom is -0.478 e. The van der Waals surface area contributed by atoms with E-state index < -0.39 is 16.0 Å². The lowest BCUT2D eigenvalue weighted by atomic mass is 9.86. The second kappa shape index (κ2) is 7.00. The third kappa shape index (κ3) is 4.78. The van der Waals surface area contributed by atoms with Gasteiger partial charge in [0.15, 0.2) is 5.03 Å². The van der Waals surface area contributed by atoms with Gasteiger partial charge in [-0.05, 0) is 29.9 Å². The van der Waals surface area contributed by atoms with E-state index in [1.54, 1.807) is 0 Å². The van der Waals surface area contributed by atoms with Crippen molar-refractivity contribution in [2.45, 2.75) is 32.7 Å². The summed E-state index contributed by atoms with van der Waals surface area (Å²) in [7, 11) is -3.72. The number of nitrogens with one attached hydrogen (secondary N) is 1. The lowest BCUT2D eigenvalue weighted by Crippen LogP contribution is -2.34. The maximum absolute atomic E-state index is 12.1. The highest BCUT2D eigenvalue weighted by molar-refractivity contribution is 7.89. The van der Waals surface area contributed by atoms with Gasteiger partial charge in [-0.15, -0.1) is 0 Å². The molecule has 0 fully saturated rings. The van der Waals surface area contributed by atoms with Gasteiger partial charge in [0, 0.05) is 12.7 Å². The van der Waals surface area contributed by atoms with Crippen LogP contribution in [-0.2, 0) is 10.0 Å². The molecule has 0 bridgehead atoms. The van der Waals surface area contributed by atoms with Crippen molar-refractivity contribution in [1.29, 1.82) is 0 Å². The monoisotopic (exact) mass is 314 g/mol. The van der Waals surface area contributed by atoms with Crippen molar-refractivity contribution in [3.8, 4) is 0 Å². The molecule has 1 aromatic heterocycles. The molecule has 0 unspecified atom stereocenters. The van der Waals surface area contributed by atoms with Crippen molar-refractivity contribution in [3.05, 3.63) is 23.9 Å². The summed E-state index contributed by atoms with van der Waals surface area (Å²) in [6, 6.07) is 2.43. The summed E-state index contributed by atoms with van der Waals surface area (Å²) >= 11 is 0. The summed E-state index contributed by atoms with van der Waals surface area (Å²) in [6.45, 7) is 8.55. The topological polar surface area (TPSA) is 96.4 Å². The Morgan fingerprint density at radius 3 is 2.19 bits per heavy atom. The van der Waals surface area contributed by atoms with Crippen molar-refractivity contribution in [1.82, 2.24) is 9.71 Å². The van der Waals surface area contributed by atoms with Gasteiger partial charge in [-0.2, -0.15) is 0 Å². The molecule has 0 radical (unpaired) electrons. The van der Waals surface area contributed by atoms with Crippen molar-refractivity contribution < 1.29 is 18.3 Å². The highest BCUT2D eigenvalue weighted by Gasteiger charge is 2.22. The molecule has 21 heavy (non-hydrogen) atoms. The van der Waals surface area contributed by atoms with E-state index in [4.69, 9.17) is 5.11 Å². The van der Waals surface area contributed by atoms with Crippen molar-refractivity contribution >= 4 is 16.0 Å². The molecule has 0 saturated carbocycles. The Morgan fingerprint density at radius 2 is 1.81 bits per heavy atom. The maximum Gasteiger partial charge on any atom is 0.337 e. The number of aromatic carboxylic acids is 1. The molecule has 6 nitrogen and oxygen atoms in total. The van der Waals surface area contributed by atoms with E-state index in [2.05, 4.69) is 37.4 Å². The van der Waals surface area contributed by atoms with E-state index in [0.29, 0.717) is 18.4 Å². The second-order valence-corrected chi connectivity index (χ2v) is 7.41. The summed E-state index contributed by atoms with van der Waals surface area (Å²) in [5, 5.41) is 8.60. The lowest BCUT2D eigenvalue weighted by Gasteiger charge is -2.24. The Labute approximate surface area is 125 Å². The average molecular weight is 314 g/mol. The molecule has 0 spiro atoms. The predicted molar refractivity (Wildman–Crippen MR) is 79.6 cm³/mol. The molecular weight excluding hydrogens is 292 g/mol. The molecule has 0 aliphatic carbocycles. The largest absolute Gasteiger partial charge is 0.478 e. The minimum atomic E-state index is -3.72. The third-order valence-electron chi connectivity index (χ3n) is 3.48. The highest BCUT2D eigenvalue weighted by atomic mass is 32.2. The first kappa shape index (κ1) is 17.6. The fourth-order valence-corrected chi connectivity index (χ4v) is 3.19. The van der Waals surface area contributed by atoms with E-state index in [0.717, 1.165) is 6.20 Å². The fraction of sp³-hybridized carbons (Fsp3) is 0.571. The highest BCUT2D eigenvalue weighted by Crippen LogP contribution is 2.20. The number of hydrogen-bond donors (Lipinski definition) is 2. The van der Waals surface area contributed by atoms with Gasteiger partial charge in [0.25, 0.3) is 10.0 Å². The molecule has 0 amide bonds. The summed E-state index contributed by atoms with van der Waals surface area (Å²) in [4.78, 5) is 14.4. The second-order valence-electron chi connectivity index (χ2n) is 5.69. The van der Waals surface area contributed by atoms with Crippen molar-refractivity contribution in [2.24, 2.45) is 17.8 Å². The van der Waals surface area contributed by atoms with Crippen molar-refractivity contribution in [2.75, 3.05) is 6.54 Å². The minimum absolute atomic E-state index is 0.0452. The Morgan fingerprint density at radius 1 is 1.24 bits per heavy atom. The van der Waals surface area contributed by atoms with E-state index >= 15 is 0 Å². The van der Waals surface area contributed by atoms with Gasteiger partial charge >= 0.3 is 5.97 Å². The smallest absolute Gasteiger partial charge is 0.337 e. The maximum atomic E-state index is 12.1. The number of aromatic nitrogens is 1. The molecule has 1 rings (SSSR count). The molecule has 1 aromatic rings. The molecular formula is C14H22N2O4S. The van der Waals surface area contributed by atoms with Crippen LogP contribution in [-0.4, -0.2) is 31.0 Å². The van der Waals surface area contributed by atoms with Gasteiger partial charge in [0.05, 0.1) is 5.56 Å². The summed E-state index contributed by atoms with van der Waals surface area (Å²) in [5.74, 6) is -0.206. The Kier molecular flexibility index (Phi) is 5.86.